The zero-order chi connectivity index (χ0) is 9.95. The van der Waals surface area contributed by atoms with Crippen molar-refractivity contribution < 1.29 is 5.11 Å². The van der Waals surface area contributed by atoms with E-state index in [0.717, 1.165) is 25.9 Å². The van der Waals surface area contributed by atoms with Gasteiger partial charge in [0, 0.05) is 13.1 Å². The van der Waals surface area contributed by atoms with E-state index >= 15 is 0 Å². The van der Waals surface area contributed by atoms with E-state index in [1.807, 2.05) is 0 Å². The maximum absolute atomic E-state index is 10.0. The summed E-state index contributed by atoms with van der Waals surface area (Å²) in [6, 6.07) is 0. The fraction of sp³-hybridized carbons (Fsp3) is 1.00. The number of aliphatic hydroxyl groups is 1. The lowest BCUT2D eigenvalue weighted by atomic mass is 9.96. The van der Waals surface area contributed by atoms with Gasteiger partial charge in [-0.1, -0.05) is 33.6 Å². The molecule has 1 fully saturated rings. The lowest BCUT2D eigenvalue weighted by Crippen LogP contribution is -2.41. The van der Waals surface area contributed by atoms with Crippen LogP contribution in [0.25, 0.3) is 0 Å². The van der Waals surface area contributed by atoms with Crippen molar-refractivity contribution in [1.82, 2.24) is 5.32 Å². The van der Waals surface area contributed by atoms with Crippen molar-refractivity contribution in [1.29, 1.82) is 0 Å². The second-order valence-corrected chi connectivity index (χ2v) is 5.60. The topological polar surface area (TPSA) is 32.3 Å². The van der Waals surface area contributed by atoms with Gasteiger partial charge in [0.15, 0.2) is 0 Å². The number of hydrogen-bond acceptors (Lipinski definition) is 2. The van der Waals surface area contributed by atoms with Gasteiger partial charge in [-0.25, -0.2) is 0 Å². The Hall–Kier alpha value is -0.0800. The molecule has 0 spiro atoms. The molecule has 78 valence electrons. The van der Waals surface area contributed by atoms with Crippen molar-refractivity contribution in [2.75, 3.05) is 13.1 Å². The summed E-state index contributed by atoms with van der Waals surface area (Å²) in [5.41, 5.74) is -0.0831. The minimum absolute atomic E-state index is 0.314. The van der Waals surface area contributed by atoms with E-state index in [1.165, 1.54) is 12.8 Å². The molecule has 0 aliphatic heterocycles. The largest absolute Gasteiger partial charge is 0.389 e. The molecule has 0 aromatic rings. The predicted molar refractivity (Wildman–Crippen MR) is 55.7 cm³/mol. The Kier molecular flexibility index (Phi) is 3.36. The second-order valence-electron chi connectivity index (χ2n) is 5.60. The summed E-state index contributed by atoms with van der Waals surface area (Å²) in [7, 11) is 0. The van der Waals surface area contributed by atoms with E-state index in [9.17, 15) is 5.11 Å². The van der Waals surface area contributed by atoms with Crippen molar-refractivity contribution in [2.45, 2.75) is 52.1 Å². The van der Waals surface area contributed by atoms with Crippen LogP contribution in [0.3, 0.4) is 0 Å². The van der Waals surface area contributed by atoms with E-state index in [1.54, 1.807) is 0 Å². The van der Waals surface area contributed by atoms with E-state index in [4.69, 9.17) is 0 Å². The molecule has 0 saturated heterocycles. The summed E-state index contributed by atoms with van der Waals surface area (Å²) < 4.78 is 0. The molecule has 0 heterocycles. The summed E-state index contributed by atoms with van der Waals surface area (Å²) in [4.78, 5) is 0. The number of rotatable bonds is 3. The molecule has 0 aromatic heterocycles. The summed E-state index contributed by atoms with van der Waals surface area (Å²) in [6.45, 7) is 8.37. The van der Waals surface area contributed by atoms with Crippen LogP contribution in [-0.2, 0) is 0 Å². The Bertz CT molecular complexity index is 154. The average Bonchev–Trinajstić information content (AvgIpc) is 2.33. The Morgan fingerprint density at radius 2 is 1.77 bits per heavy atom. The highest BCUT2D eigenvalue weighted by Crippen LogP contribution is 2.28. The van der Waals surface area contributed by atoms with Crippen molar-refractivity contribution in [3.05, 3.63) is 0 Å². The Morgan fingerprint density at radius 1 is 1.23 bits per heavy atom. The second kappa shape index (κ2) is 3.97. The van der Waals surface area contributed by atoms with E-state index in [2.05, 4.69) is 26.1 Å². The third kappa shape index (κ3) is 4.10. The van der Waals surface area contributed by atoms with Gasteiger partial charge in [0.25, 0.3) is 0 Å². The molecule has 13 heavy (non-hydrogen) atoms. The fourth-order valence-corrected chi connectivity index (χ4v) is 1.88. The SMILES string of the molecule is CC(C)(C)CNCC1(O)CCCC1. The molecule has 2 nitrogen and oxygen atoms in total. The molecular weight excluding hydrogens is 162 g/mol. The van der Waals surface area contributed by atoms with Crippen LogP contribution >= 0.6 is 0 Å². The van der Waals surface area contributed by atoms with Crippen LogP contribution in [0.1, 0.15) is 46.5 Å². The molecular formula is C11H23NO. The van der Waals surface area contributed by atoms with Crippen LogP contribution in [0, 0.1) is 5.41 Å². The van der Waals surface area contributed by atoms with Gasteiger partial charge in [0.2, 0.25) is 0 Å². The Labute approximate surface area is 81.7 Å². The lowest BCUT2D eigenvalue weighted by molar-refractivity contribution is 0.0458. The monoisotopic (exact) mass is 185 g/mol. The first-order valence-corrected chi connectivity index (χ1v) is 5.34. The lowest BCUT2D eigenvalue weighted by Gasteiger charge is -2.26. The summed E-state index contributed by atoms with van der Waals surface area (Å²) in [5.74, 6) is 0. The maximum Gasteiger partial charge on any atom is 0.0771 e. The molecule has 1 aliphatic carbocycles. The zero-order valence-electron chi connectivity index (χ0n) is 9.19. The maximum atomic E-state index is 10.0. The highest BCUT2D eigenvalue weighted by molar-refractivity contribution is 4.86. The molecule has 0 bridgehead atoms. The van der Waals surface area contributed by atoms with Crippen molar-refractivity contribution in [2.24, 2.45) is 5.41 Å². The van der Waals surface area contributed by atoms with Gasteiger partial charge in [-0.05, 0) is 18.3 Å². The van der Waals surface area contributed by atoms with Crippen LogP contribution in [0.2, 0.25) is 0 Å². The van der Waals surface area contributed by atoms with E-state index < -0.39 is 5.60 Å². The highest BCUT2D eigenvalue weighted by Gasteiger charge is 2.30. The van der Waals surface area contributed by atoms with E-state index in [-0.39, 0.29) is 0 Å². The highest BCUT2D eigenvalue weighted by atomic mass is 16.3. The first-order chi connectivity index (χ1) is 5.91. The standard InChI is InChI=1S/C11H23NO/c1-10(2,3)8-12-9-11(13)6-4-5-7-11/h12-13H,4-9H2,1-3H3. The van der Waals surface area contributed by atoms with E-state index in [0.29, 0.717) is 5.41 Å². The zero-order valence-corrected chi connectivity index (χ0v) is 9.19. The van der Waals surface area contributed by atoms with Gasteiger partial charge in [-0.15, -0.1) is 0 Å². The molecule has 0 amide bonds. The number of hydrogen-bond donors (Lipinski definition) is 2. The molecule has 1 rings (SSSR count). The van der Waals surface area contributed by atoms with Crippen LogP contribution in [0.4, 0.5) is 0 Å². The molecule has 1 saturated carbocycles. The fourth-order valence-electron chi connectivity index (χ4n) is 1.88. The summed E-state index contributed by atoms with van der Waals surface area (Å²) >= 11 is 0. The van der Waals surface area contributed by atoms with Gasteiger partial charge < -0.3 is 10.4 Å². The number of nitrogens with one attached hydrogen (secondary N) is 1. The molecule has 0 unspecified atom stereocenters. The van der Waals surface area contributed by atoms with Crippen LogP contribution in [-0.4, -0.2) is 23.8 Å². The van der Waals surface area contributed by atoms with Crippen molar-refractivity contribution in [3.8, 4) is 0 Å². The van der Waals surface area contributed by atoms with Gasteiger partial charge in [0.1, 0.15) is 0 Å². The van der Waals surface area contributed by atoms with Crippen LogP contribution in [0.15, 0.2) is 0 Å². The third-order valence-electron chi connectivity index (χ3n) is 2.64. The molecule has 1 aliphatic rings. The Balaban J connectivity index is 2.18. The first kappa shape index (κ1) is 11.0. The quantitative estimate of drug-likeness (QED) is 0.704. The van der Waals surface area contributed by atoms with Crippen molar-refractivity contribution >= 4 is 0 Å². The summed E-state index contributed by atoms with van der Waals surface area (Å²) in [6.07, 6.45) is 4.33. The predicted octanol–water partition coefficient (Wildman–Crippen LogP) is 1.93. The average molecular weight is 185 g/mol. The van der Waals surface area contributed by atoms with Crippen LogP contribution < -0.4 is 5.32 Å². The van der Waals surface area contributed by atoms with Crippen LogP contribution in [0.5, 0.6) is 0 Å². The first-order valence-electron chi connectivity index (χ1n) is 5.34. The molecule has 0 aromatic carbocycles. The smallest absolute Gasteiger partial charge is 0.0771 e. The molecule has 2 N–H and O–H groups in total. The van der Waals surface area contributed by atoms with Gasteiger partial charge >= 0.3 is 0 Å². The minimum Gasteiger partial charge on any atom is -0.389 e. The third-order valence-corrected chi connectivity index (χ3v) is 2.64. The van der Waals surface area contributed by atoms with Gasteiger partial charge in [0.05, 0.1) is 5.60 Å². The van der Waals surface area contributed by atoms with Gasteiger partial charge in [-0.3, -0.25) is 0 Å². The molecule has 0 atom stereocenters. The van der Waals surface area contributed by atoms with Gasteiger partial charge in [-0.2, -0.15) is 0 Å². The Morgan fingerprint density at radius 3 is 2.23 bits per heavy atom. The molecule has 2 heteroatoms. The van der Waals surface area contributed by atoms with Crippen molar-refractivity contribution in [3.63, 3.8) is 0 Å². The normalized spacial score (nSPS) is 22.2. The molecule has 0 radical (unpaired) electrons. The summed E-state index contributed by atoms with van der Waals surface area (Å²) in [5, 5.41) is 13.4. The minimum atomic E-state index is -0.398.